The maximum atomic E-state index is 12.2. The fourth-order valence-electron chi connectivity index (χ4n) is 2.98. The van der Waals surface area contributed by atoms with Crippen molar-refractivity contribution in [2.24, 2.45) is 5.92 Å². The number of carbonyl (C=O) groups excluding carboxylic acids is 1. The van der Waals surface area contributed by atoms with Gasteiger partial charge in [0.25, 0.3) is 0 Å². The van der Waals surface area contributed by atoms with Crippen LogP contribution in [0.2, 0.25) is 0 Å². The van der Waals surface area contributed by atoms with Gasteiger partial charge in [-0.15, -0.1) is 0 Å². The predicted molar refractivity (Wildman–Crippen MR) is 83.0 cm³/mol. The first-order valence-electron chi connectivity index (χ1n) is 7.66. The van der Waals surface area contributed by atoms with Crippen molar-refractivity contribution < 1.29 is 13.2 Å². The van der Waals surface area contributed by atoms with Gasteiger partial charge in [0.05, 0.1) is 17.0 Å². The standard InChI is InChI=1S/C15H21N3O3S/c1-10-13(6-9-22(10,20)21)17-15(19)18-14(11-2-3-11)12-4-7-16-8-5-12/h4-5,7-8,10-11,13-14H,2-3,6,9H2,1H3,(H2,17,18,19)/t10-,13-,14?/m1/s1. The average Bonchev–Trinajstić information content (AvgIpc) is 3.30. The summed E-state index contributed by atoms with van der Waals surface area (Å²) >= 11 is 0. The van der Waals surface area contributed by atoms with Crippen LogP contribution in [0.4, 0.5) is 4.79 Å². The van der Waals surface area contributed by atoms with Crippen LogP contribution in [-0.2, 0) is 9.84 Å². The van der Waals surface area contributed by atoms with Crippen LogP contribution in [0.5, 0.6) is 0 Å². The zero-order valence-corrected chi connectivity index (χ0v) is 13.3. The number of rotatable bonds is 4. The summed E-state index contributed by atoms with van der Waals surface area (Å²) in [5.74, 6) is 0.605. The van der Waals surface area contributed by atoms with Gasteiger partial charge in [-0.2, -0.15) is 0 Å². The molecular formula is C15H21N3O3S. The third-order valence-electron chi connectivity index (χ3n) is 4.61. The number of pyridine rings is 1. The van der Waals surface area contributed by atoms with Crippen LogP contribution in [-0.4, -0.2) is 36.5 Å². The zero-order valence-electron chi connectivity index (χ0n) is 12.5. The van der Waals surface area contributed by atoms with E-state index in [1.54, 1.807) is 19.3 Å². The van der Waals surface area contributed by atoms with E-state index in [9.17, 15) is 13.2 Å². The third-order valence-corrected chi connectivity index (χ3v) is 6.87. The molecule has 2 amide bonds. The summed E-state index contributed by atoms with van der Waals surface area (Å²) in [5, 5.41) is 5.30. The first kappa shape index (κ1) is 15.3. The minimum atomic E-state index is -3.06. The highest BCUT2D eigenvalue weighted by Crippen LogP contribution is 2.40. The molecule has 3 rings (SSSR count). The molecule has 7 heteroatoms. The van der Waals surface area contributed by atoms with Gasteiger partial charge in [0.15, 0.2) is 9.84 Å². The molecule has 0 spiro atoms. The molecule has 120 valence electrons. The molecule has 1 aliphatic heterocycles. The molecule has 1 unspecified atom stereocenters. The summed E-state index contributed by atoms with van der Waals surface area (Å²) in [5.41, 5.74) is 1.04. The van der Waals surface area contributed by atoms with Crippen molar-refractivity contribution in [3.63, 3.8) is 0 Å². The van der Waals surface area contributed by atoms with E-state index in [1.165, 1.54) is 0 Å². The van der Waals surface area contributed by atoms with Crippen LogP contribution >= 0.6 is 0 Å². The number of sulfone groups is 1. The number of carbonyl (C=O) groups is 1. The van der Waals surface area contributed by atoms with E-state index in [0.717, 1.165) is 18.4 Å². The quantitative estimate of drug-likeness (QED) is 0.877. The second-order valence-electron chi connectivity index (χ2n) is 6.18. The Kier molecular flexibility index (Phi) is 4.08. The van der Waals surface area contributed by atoms with Gasteiger partial charge in [-0.1, -0.05) is 0 Å². The molecule has 2 fully saturated rings. The van der Waals surface area contributed by atoms with Crippen LogP contribution in [0, 0.1) is 5.92 Å². The summed E-state index contributed by atoms with van der Waals surface area (Å²) in [6, 6.07) is 3.19. The number of hydrogen-bond donors (Lipinski definition) is 2. The van der Waals surface area contributed by atoms with Crippen LogP contribution in [0.25, 0.3) is 0 Å². The minimum absolute atomic E-state index is 0.0312. The summed E-state index contributed by atoms with van der Waals surface area (Å²) in [6.45, 7) is 1.66. The zero-order chi connectivity index (χ0) is 15.7. The second-order valence-corrected chi connectivity index (χ2v) is 8.66. The molecule has 0 radical (unpaired) electrons. The van der Waals surface area contributed by atoms with Crippen LogP contribution < -0.4 is 10.6 Å². The Hall–Kier alpha value is -1.63. The Morgan fingerprint density at radius 1 is 1.27 bits per heavy atom. The summed E-state index contributed by atoms with van der Waals surface area (Å²) in [4.78, 5) is 16.2. The number of aromatic nitrogens is 1. The number of amides is 2. The molecule has 2 N–H and O–H groups in total. The topological polar surface area (TPSA) is 88.2 Å². The molecular weight excluding hydrogens is 302 g/mol. The smallest absolute Gasteiger partial charge is 0.315 e. The highest BCUT2D eigenvalue weighted by molar-refractivity contribution is 7.92. The van der Waals surface area contributed by atoms with Gasteiger partial charge in [0.2, 0.25) is 0 Å². The van der Waals surface area contributed by atoms with Crippen molar-refractivity contribution in [3.8, 4) is 0 Å². The van der Waals surface area contributed by atoms with Crippen LogP contribution in [0.15, 0.2) is 24.5 Å². The molecule has 22 heavy (non-hydrogen) atoms. The molecule has 3 atom stereocenters. The van der Waals surface area contributed by atoms with E-state index >= 15 is 0 Å². The fourth-order valence-corrected chi connectivity index (χ4v) is 4.64. The van der Waals surface area contributed by atoms with Gasteiger partial charge >= 0.3 is 6.03 Å². The predicted octanol–water partition coefficient (Wildman–Crippen LogP) is 1.41. The molecule has 1 saturated carbocycles. The molecule has 1 aliphatic carbocycles. The average molecular weight is 323 g/mol. The first-order valence-corrected chi connectivity index (χ1v) is 9.37. The van der Waals surface area contributed by atoms with E-state index < -0.39 is 15.1 Å². The molecule has 1 saturated heterocycles. The second kappa shape index (κ2) is 5.87. The van der Waals surface area contributed by atoms with Crippen molar-refractivity contribution in [3.05, 3.63) is 30.1 Å². The van der Waals surface area contributed by atoms with Gasteiger partial charge < -0.3 is 10.6 Å². The molecule has 0 aromatic carbocycles. The molecule has 0 bridgehead atoms. The van der Waals surface area contributed by atoms with Crippen LogP contribution in [0.1, 0.15) is 37.8 Å². The minimum Gasteiger partial charge on any atom is -0.334 e. The Bertz CT molecular complexity index is 643. The molecule has 6 nitrogen and oxygen atoms in total. The Morgan fingerprint density at radius 2 is 1.95 bits per heavy atom. The van der Waals surface area contributed by atoms with Gasteiger partial charge in [-0.3, -0.25) is 4.98 Å². The molecule has 1 aromatic heterocycles. The van der Waals surface area contributed by atoms with Crippen molar-refractivity contribution in [2.75, 3.05) is 5.75 Å². The van der Waals surface area contributed by atoms with E-state index in [1.807, 2.05) is 12.1 Å². The van der Waals surface area contributed by atoms with Crippen molar-refractivity contribution in [2.45, 2.75) is 43.5 Å². The SMILES string of the molecule is C[C@@H]1[C@H](NC(=O)NC(c2ccncc2)C2CC2)CCS1(=O)=O. The van der Waals surface area contributed by atoms with Crippen molar-refractivity contribution in [1.29, 1.82) is 0 Å². The maximum absolute atomic E-state index is 12.2. The van der Waals surface area contributed by atoms with Crippen molar-refractivity contribution >= 4 is 15.9 Å². The van der Waals surface area contributed by atoms with Gasteiger partial charge in [-0.25, -0.2) is 13.2 Å². The number of nitrogens with one attached hydrogen (secondary N) is 2. The van der Waals surface area contributed by atoms with E-state index in [0.29, 0.717) is 12.3 Å². The largest absolute Gasteiger partial charge is 0.334 e. The highest BCUT2D eigenvalue weighted by Gasteiger charge is 2.38. The van der Waals surface area contributed by atoms with Crippen LogP contribution in [0.3, 0.4) is 0 Å². The van der Waals surface area contributed by atoms with E-state index in [-0.39, 0.29) is 23.9 Å². The lowest BCUT2D eigenvalue weighted by Crippen LogP contribution is -2.47. The van der Waals surface area contributed by atoms with E-state index in [4.69, 9.17) is 0 Å². The first-order chi connectivity index (χ1) is 10.5. The lowest BCUT2D eigenvalue weighted by Gasteiger charge is -2.22. The number of nitrogens with zero attached hydrogens (tertiary/aromatic N) is 1. The highest BCUT2D eigenvalue weighted by atomic mass is 32.2. The summed E-state index contributed by atoms with van der Waals surface area (Å²) in [7, 11) is -3.06. The normalized spacial score (nSPS) is 28.0. The molecule has 2 heterocycles. The summed E-state index contributed by atoms with van der Waals surface area (Å²) in [6.07, 6.45) is 6.12. The molecule has 1 aromatic rings. The van der Waals surface area contributed by atoms with Gasteiger partial charge in [0.1, 0.15) is 0 Å². The van der Waals surface area contributed by atoms with E-state index in [2.05, 4.69) is 15.6 Å². The third kappa shape index (κ3) is 3.24. The summed E-state index contributed by atoms with van der Waals surface area (Å²) < 4.78 is 23.5. The Labute approximate surface area is 130 Å². The Morgan fingerprint density at radius 3 is 2.50 bits per heavy atom. The number of urea groups is 1. The lowest BCUT2D eigenvalue weighted by atomic mass is 10.0. The monoisotopic (exact) mass is 323 g/mol. The lowest BCUT2D eigenvalue weighted by molar-refractivity contribution is 0.231. The van der Waals surface area contributed by atoms with Gasteiger partial charge in [0, 0.05) is 18.4 Å². The maximum Gasteiger partial charge on any atom is 0.315 e. The molecule has 2 aliphatic rings. The fraction of sp³-hybridized carbons (Fsp3) is 0.600. The van der Waals surface area contributed by atoms with Crippen molar-refractivity contribution in [1.82, 2.24) is 15.6 Å². The van der Waals surface area contributed by atoms with Gasteiger partial charge in [-0.05, 0) is 49.8 Å². The number of hydrogen-bond acceptors (Lipinski definition) is 4. The Balaban J connectivity index is 1.63.